The number of ether oxygens (including phenoxy) is 1. The number of oxime groups is 1. The van der Waals surface area contributed by atoms with Crippen LogP contribution in [0.2, 0.25) is 0 Å². The Morgan fingerprint density at radius 1 is 1.53 bits per heavy atom. The van der Waals surface area contributed by atoms with Crippen molar-refractivity contribution >= 4 is 11.9 Å². The third-order valence-electron chi connectivity index (χ3n) is 1.64. The van der Waals surface area contributed by atoms with Crippen molar-refractivity contribution in [2.75, 3.05) is 0 Å². The Bertz CT molecular complexity index is 290. The zero-order valence-electron chi connectivity index (χ0n) is 9.88. The predicted molar refractivity (Wildman–Crippen MR) is 56.6 cm³/mol. The number of hydrogen-bond donors (Lipinski definition) is 1. The molecule has 0 atom stereocenters. The van der Waals surface area contributed by atoms with E-state index in [-0.39, 0.29) is 5.60 Å². The summed E-state index contributed by atoms with van der Waals surface area (Å²) < 4.78 is 5.08. The van der Waals surface area contributed by atoms with E-state index in [2.05, 4.69) is 10.5 Å². The van der Waals surface area contributed by atoms with E-state index >= 15 is 0 Å². The first-order valence-electron chi connectivity index (χ1n) is 4.93. The largest absolute Gasteiger partial charge is 0.444 e. The second-order valence-electron chi connectivity index (χ2n) is 5.19. The van der Waals surface area contributed by atoms with Crippen LogP contribution in [0.3, 0.4) is 0 Å². The van der Waals surface area contributed by atoms with Gasteiger partial charge in [-0.05, 0) is 34.6 Å². The van der Waals surface area contributed by atoms with Gasteiger partial charge in [-0.15, -0.1) is 0 Å². The molecule has 0 saturated carbocycles. The summed E-state index contributed by atoms with van der Waals surface area (Å²) in [6.07, 6.45) is 0.0780. The second-order valence-corrected chi connectivity index (χ2v) is 5.19. The summed E-state index contributed by atoms with van der Waals surface area (Å²) >= 11 is 0. The Morgan fingerprint density at radius 3 is 2.53 bits per heavy atom. The number of carbonyl (C=O) groups excluding carboxylic acids is 1. The second kappa shape index (κ2) is 3.72. The first-order chi connectivity index (χ1) is 6.68. The maximum absolute atomic E-state index is 11.4. The van der Waals surface area contributed by atoms with Crippen molar-refractivity contribution in [1.29, 1.82) is 0 Å². The molecule has 86 valence electrons. The monoisotopic (exact) mass is 214 g/mol. The average Bonchev–Trinajstić information content (AvgIpc) is 2.25. The highest BCUT2D eigenvalue weighted by Gasteiger charge is 2.30. The van der Waals surface area contributed by atoms with E-state index in [4.69, 9.17) is 9.57 Å². The van der Waals surface area contributed by atoms with Gasteiger partial charge < -0.3 is 9.57 Å². The van der Waals surface area contributed by atoms with Crippen LogP contribution in [0.15, 0.2) is 5.16 Å². The average molecular weight is 214 g/mol. The molecule has 0 aromatic rings. The molecule has 1 amide bonds. The van der Waals surface area contributed by atoms with Gasteiger partial charge in [-0.2, -0.15) is 0 Å². The molecule has 15 heavy (non-hydrogen) atoms. The zero-order valence-corrected chi connectivity index (χ0v) is 9.88. The normalized spacial score (nSPS) is 19.1. The molecule has 1 N–H and O–H groups in total. The minimum absolute atomic E-state index is 0.343. The third kappa shape index (κ3) is 4.18. The summed E-state index contributed by atoms with van der Waals surface area (Å²) in [5.41, 5.74) is -0.843. The van der Waals surface area contributed by atoms with Crippen LogP contribution in [0.25, 0.3) is 0 Å². The van der Waals surface area contributed by atoms with Gasteiger partial charge in [-0.1, -0.05) is 5.16 Å². The van der Waals surface area contributed by atoms with Gasteiger partial charge in [0.05, 0.1) is 6.42 Å². The fourth-order valence-corrected chi connectivity index (χ4v) is 1.13. The van der Waals surface area contributed by atoms with Crippen molar-refractivity contribution in [1.82, 2.24) is 5.32 Å². The van der Waals surface area contributed by atoms with E-state index in [9.17, 15) is 4.79 Å². The maximum Gasteiger partial charge on any atom is 0.413 e. The van der Waals surface area contributed by atoms with Crippen molar-refractivity contribution in [2.45, 2.75) is 52.2 Å². The number of alkyl carbamates (subject to hydrolysis) is 1. The fourth-order valence-electron chi connectivity index (χ4n) is 1.13. The highest BCUT2D eigenvalue weighted by atomic mass is 16.7. The number of hydrogen-bond acceptors (Lipinski definition) is 4. The highest BCUT2D eigenvalue weighted by molar-refractivity contribution is 5.96. The molecule has 0 aliphatic carbocycles. The van der Waals surface area contributed by atoms with E-state index in [1.165, 1.54) is 0 Å². The van der Waals surface area contributed by atoms with Crippen LogP contribution in [0.4, 0.5) is 4.79 Å². The van der Waals surface area contributed by atoms with Gasteiger partial charge in [-0.3, -0.25) is 5.32 Å². The van der Waals surface area contributed by atoms with Gasteiger partial charge >= 0.3 is 6.09 Å². The summed E-state index contributed by atoms with van der Waals surface area (Å²) in [4.78, 5) is 16.5. The Kier molecular flexibility index (Phi) is 2.93. The Morgan fingerprint density at radius 2 is 2.13 bits per heavy atom. The number of nitrogens with one attached hydrogen (secondary N) is 1. The summed E-state index contributed by atoms with van der Waals surface area (Å²) in [7, 11) is 0. The van der Waals surface area contributed by atoms with Crippen molar-refractivity contribution in [3.8, 4) is 0 Å². The number of amides is 1. The van der Waals surface area contributed by atoms with Crippen LogP contribution in [-0.2, 0) is 9.57 Å². The SMILES string of the molecule is CC(C)(C)OC(=O)NC1=NOC(C)(C)C1. The van der Waals surface area contributed by atoms with Crippen molar-refractivity contribution in [3.05, 3.63) is 0 Å². The van der Waals surface area contributed by atoms with Crippen LogP contribution < -0.4 is 5.32 Å². The van der Waals surface area contributed by atoms with Crippen LogP contribution in [0.1, 0.15) is 41.0 Å². The number of rotatable bonds is 0. The fraction of sp³-hybridized carbons (Fsp3) is 0.800. The predicted octanol–water partition coefficient (Wildman–Crippen LogP) is 2.02. The number of carbonyl (C=O) groups is 1. The summed E-state index contributed by atoms with van der Waals surface area (Å²) in [6.45, 7) is 9.23. The minimum Gasteiger partial charge on any atom is -0.444 e. The van der Waals surface area contributed by atoms with E-state index in [1.54, 1.807) is 0 Å². The van der Waals surface area contributed by atoms with Crippen molar-refractivity contribution in [2.24, 2.45) is 5.16 Å². The van der Waals surface area contributed by atoms with E-state index in [0.29, 0.717) is 12.3 Å². The minimum atomic E-state index is -0.500. The molecule has 0 aromatic carbocycles. The lowest BCUT2D eigenvalue weighted by atomic mass is 10.1. The molecule has 0 unspecified atom stereocenters. The van der Waals surface area contributed by atoms with Crippen LogP contribution in [-0.4, -0.2) is 23.1 Å². The molecular weight excluding hydrogens is 196 g/mol. The molecule has 1 aliphatic heterocycles. The number of amidine groups is 1. The van der Waals surface area contributed by atoms with Gasteiger partial charge in [-0.25, -0.2) is 4.79 Å². The van der Waals surface area contributed by atoms with E-state index in [1.807, 2.05) is 34.6 Å². The number of nitrogens with zero attached hydrogens (tertiary/aromatic N) is 1. The van der Waals surface area contributed by atoms with Gasteiger partial charge in [0.2, 0.25) is 0 Å². The molecule has 5 nitrogen and oxygen atoms in total. The summed E-state index contributed by atoms with van der Waals surface area (Å²) in [5.74, 6) is 0.509. The molecule has 5 heteroatoms. The Labute approximate surface area is 89.8 Å². The van der Waals surface area contributed by atoms with Crippen molar-refractivity contribution < 1.29 is 14.4 Å². The molecule has 0 spiro atoms. The zero-order chi connectivity index (χ0) is 11.7. The lowest BCUT2D eigenvalue weighted by molar-refractivity contribution is 0.0123. The smallest absolute Gasteiger partial charge is 0.413 e. The highest BCUT2D eigenvalue weighted by Crippen LogP contribution is 2.21. The Hall–Kier alpha value is -1.26. The van der Waals surface area contributed by atoms with Crippen LogP contribution >= 0.6 is 0 Å². The Balaban J connectivity index is 2.41. The molecule has 0 aromatic heterocycles. The lowest BCUT2D eigenvalue weighted by Gasteiger charge is -2.19. The van der Waals surface area contributed by atoms with Crippen molar-refractivity contribution in [3.63, 3.8) is 0 Å². The lowest BCUT2D eigenvalue weighted by Crippen LogP contribution is -2.36. The molecule has 0 bridgehead atoms. The standard InChI is InChI=1S/C10H18N2O3/c1-9(2,3)14-8(13)11-7-6-10(4,5)15-12-7/h6H2,1-5H3,(H,11,12,13). The van der Waals surface area contributed by atoms with Gasteiger partial charge in [0.1, 0.15) is 11.2 Å². The molecule has 1 aliphatic rings. The van der Waals surface area contributed by atoms with Crippen LogP contribution in [0.5, 0.6) is 0 Å². The van der Waals surface area contributed by atoms with E-state index < -0.39 is 11.7 Å². The molecule has 0 radical (unpaired) electrons. The third-order valence-corrected chi connectivity index (χ3v) is 1.64. The van der Waals surface area contributed by atoms with E-state index in [0.717, 1.165) is 0 Å². The molecule has 1 heterocycles. The molecule has 1 rings (SSSR count). The summed E-state index contributed by atoms with van der Waals surface area (Å²) in [6, 6.07) is 0. The maximum atomic E-state index is 11.4. The van der Waals surface area contributed by atoms with Gasteiger partial charge in [0.25, 0.3) is 0 Å². The molecule has 0 saturated heterocycles. The summed E-state index contributed by atoms with van der Waals surface area (Å²) in [5, 5.41) is 6.32. The first-order valence-corrected chi connectivity index (χ1v) is 4.93. The quantitative estimate of drug-likeness (QED) is 0.671. The van der Waals surface area contributed by atoms with Gasteiger partial charge in [0, 0.05) is 0 Å². The topological polar surface area (TPSA) is 59.9 Å². The molecular formula is C10H18N2O3. The first kappa shape index (κ1) is 11.8. The van der Waals surface area contributed by atoms with Crippen LogP contribution in [0, 0.1) is 0 Å². The van der Waals surface area contributed by atoms with Gasteiger partial charge in [0.15, 0.2) is 5.84 Å². The molecule has 0 fully saturated rings.